The molecule has 0 bridgehead atoms. The second kappa shape index (κ2) is 20.6. The monoisotopic (exact) mass is 497 g/mol. The van der Waals surface area contributed by atoms with Gasteiger partial charge in [-0.1, -0.05) is 20.8 Å². The Kier molecular flexibility index (Phi) is 22.2. The van der Waals surface area contributed by atoms with Crippen molar-refractivity contribution in [2.24, 2.45) is 10.8 Å². The molecule has 0 aliphatic heterocycles. The Morgan fingerprint density at radius 3 is 1.62 bits per heavy atom. The number of aldehydes is 1. The molecule has 0 aromatic heterocycles. The van der Waals surface area contributed by atoms with E-state index in [1.165, 1.54) is 0 Å². The third-order valence-corrected chi connectivity index (χ3v) is 4.18. The molecule has 0 aromatic carbocycles. The molecule has 204 valence electrons. The van der Waals surface area contributed by atoms with Crippen molar-refractivity contribution in [2.45, 2.75) is 60.0 Å². The van der Waals surface area contributed by atoms with Crippen molar-refractivity contribution < 1.29 is 49.0 Å². The van der Waals surface area contributed by atoms with E-state index >= 15 is 0 Å². The van der Waals surface area contributed by atoms with Gasteiger partial charge in [0.25, 0.3) is 6.47 Å². The standard InChI is InChI=1S/C11H21NO3.C6H12O4.C6H14O3/c1-5-7-12(8-6-9-13)10(14)15-11(2,3)4;1-6(2-7,3-8)4-10-5-9;1-6(3-7,4-8)5-9-2/h9H,5-8H2,1-4H3;5,7-8H,2-4H2,1H3;7-8H,3-5H2,1-2H3. The highest BCUT2D eigenvalue weighted by molar-refractivity contribution is 5.68. The zero-order chi connectivity index (χ0) is 27.3. The van der Waals surface area contributed by atoms with Crippen LogP contribution < -0.4 is 0 Å². The van der Waals surface area contributed by atoms with Crippen molar-refractivity contribution in [1.29, 1.82) is 0 Å². The molecular formula is C23H47NO10. The van der Waals surface area contributed by atoms with Gasteiger partial charge in [-0.05, 0) is 27.2 Å². The molecule has 0 aliphatic carbocycles. The molecule has 34 heavy (non-hydrogen) atoms. The van der Waals surface area contributed by atoms with Gasteiger partial charge in [-0.15, -0.1) is 0 Å². The molecule has 11 heteroatoms. The Morgan fingerprint density at radius 1 is 0.853 bits per heavy atom. The zero-order valence-corrected chi connectivity index (χ0v) is 21.9. The molecular weight excluding hydrogens is 450 g/mol. The molecule has 0 aliphatic rings. The van der Waals surface area contributed by atoms with Gasteiger partial charge in [0, 0.05) is 37.5 Å². The van der Waals surface area contributed by atoms with Crippen molar-refractivity contribution in [3.8, 4) is 0 Å². The number of carbonyl (C=O) groups excluding carboxylic acids is 3. The average Bonchev–Trinajstić information content (AvgIpc) is 2.80. The number of amides is 1. The predicted octanol–water partition coefficient (Wildman–Crippen LogP) is 0.997. The summed E-state index contributed by atoms with van der Waals surface area (Å²) in [6.07, 6.45) is 1.69. The summed E-state index contributed by atoms with van der Waals surface area (Å²) in [6.45, 7) is 12.2. The van der Waals surface area contributed by atoms with Crippen LogP contribution in [0.4, 0.5) is 4.79 Å². The SMILES string of the molecule is CC(CO)(CO)COC=O.CCCN(CCC=O)C(=O)OC(C)(C)C.COCC(C)(CO)CO. The maximum atomic E-state index is 11.6. The maximum Gasteiger partial charge on any atom is 0.410 e. The summed E-state index contributed by atoms with van der Waals surface area (Å²) >= 11 is 0. The van der Waals surface area contributed by atoms with Crippen LogP contribution in [0.3, 0.4) is 0 Å². The molecule has 11 nitrogen and oxygen atoms in total. The number of methoxy groups -OCH3 is 1. The van der Waals surface area contributed by atoms with Crippen molar-refractivity contribution in [3.63, 3.8) is 0 Å². The number of hydrogen-bond donors (Lipinski definition) is 4. The van der Waals surface area contributed by atoms with E-state index in [9.17, 15) is 14.4 Å². The van der Waals surface area contributed by atoms with Crippen LogP contribution in [-0.2, 0) is 23.8 Å². The minimum atomic E-state index is -0.707. The first-order valence-corrected chi connectivity index (χ1v) is 11.2. The summed E-state index contributed by atoms with van der Waals surface area (Å²) < 4.78 is 14.4. The Labute approximate surface area is 204 Å². The largest absolute Gasteiger partial charge is 0.467 e. The number of aliphatic hydroxyl groups excluding tert-OH is 4. The van der Waals surface area contributed by atoms with E-state index in [0.717, 1.165) is 12.7 Å². The zero-order valence-electron chi connectivity index (χ0n) is 21.9. The normalized spacial score (nSPS) is 11.3. The van der Waals surface area contributed by atoms with E-state index in [1.54, 1.807) is 25.9 Å². The number of ether oxygens (including phenoxy) is 3. The number of aliphatic hydroxyl groups is 4. The lowest BCUT2D eigenvalue weighted by Gasteiger charge is -2.26. The fourth-order valence-electron chi connectivity index (χ4n) is 1.97. The van der Waals surface area contributed by atoms with Crippen LogP contribution in [0.2, 0.25) is 0 Å². The van der Waals surface area contributed by atoms with E-state index in [0.29, 0.717) is 32.6 Å². The maximum absolute atomic E-state index is 11.6. The van der Waals surface area contributed by atoms with Crippen molar-refractivity contribution >= 4 is 18.9 Å². The van der Waals surface area contributed by atoms with Gasteiger partial charge in [0.05, 0.1) is 33.0 Å². The van der Waals surface area contributed by atoms with Crippen LogP contribution in [0.25, 0.3) is 0 Å². The van der Waals surface area contributed by atoms with Crippen LogP contribution in [0.1, 0.15) is 54.4 Å². The first kappa shape index (κ1) is 36.8. The molecule has 0 rings (SSSR count). The van der Waals surface area contributed by atoms with E-state index < -0.39 is 16.4 Å². The summed E-state index contributed by atoms with van der Waals surface area (Å²) in [5.74, 6) is 0. The Balaban J connectivity index is -0.000000444. The summed E-state index contributed by atoms with van der Waals surface area (Å²) in [5, 5.41) is 34.7. The van der Waals surface area contributed by atoms with Crippen molar-refractivity contribution in [1.82, 2.24) is 4.90 Å². The Bertz CT molecular complexity index is 514. The predicted molar refractivity (Wildman–Crippen MR) is 127 cm³/mol. The molecule has 1 amide bonds. The lowest BCUT2D eigenvalue weighted by molar-refractivity contribution is -0.133. The fourth-order valence-corrected chi connectivity index (χ4v) is 1.97. The molecule has 0 unspecified atom stereocenters. The quantitative estimate of drug-likeness (QED) is 0.255. The lowest BCUT2D eigenvalue weighted by Crippen LogP contribution is -2.38. The van der Waals surface area contributed by atoms with Gasteiger partial charge in [0.15, 0.2) is 0 Å². The minimum absolute atomic E-state index is 0.0443. The van der Waals surface area contributed by atoms with Gasteiger partial charge in [-0.25, -0.2) is 4.79 Å². The van der Waals surface area contributed by atoms with Gasteiger partial charge < -0.3 is 44.3 Å². The van der Waals surface area contributed by atoms with E-state index in [-0.39, 0.29) is 39.1 Å². The fraction of sp³-hybridized carbons (Fsp3) is 0.870. The Hall–Kier alpha value is -1.79. The number of nitrogens with zero attached hydrogens (tertiary/aromatic N) is 1. The van der Waals surface area contributed by atoms with Gasteiger partial charge in [-0.3, -0.25) is 4.79 Å². The number of rotatable bonds is 14. The van der Waals surface area contributed by atoms with Gasteiger partial charge in [-0.2, -0.15) is 0 Å². The van der Waals surface area contributed by atoms with Crippen LogP contribution in [0.15, 0.2) is 0 Å². The highest BCUT2D eigenvalue weighted by atomic mass is 16.6. The molecule has 0 radical (unpaired) electrons. The van der Waals surface area contributed by atoms with E-state index in [1.807, 2.05) is 27.7 Å². The van der Waals surface area contributed by atoms with Gasteiger partial charge in [0.1, 0.15) is 18.5 Å². The second-order valence-electron chi connectivity index (χ2n) is 9.52. The molecule has 0 atom stereocenters. The van der Waals surface area contributed by atoms with Crippen LogP contribution in [0.5, 0.6) is 0 Å². The highest BCUT2D eigenvalue weighted by Gasteiger charge is 2.23. The second-order valence-corrected chi connectivity index (χ2v) is 9.52. The number of hydrogen-bond acceptors (Lipinski definition) is 10. The third-order valence-electron chi connectivity index (χ3n) is 4.18. The first-order valence-electron chi connectivity index (χ1n) is 11.2. The lowest BCUT2D eigenvalue weighted by atomic mass is 9.95. The van der Waals surface area contributed by atoms with Crippen molar-refractivity contribution in [3.05, 3.63) is 0 Å². The average molecular weight is 498 g/mol. The molecule has 0 spiro atoms. The first-order chi connectivity index (χ1) is 15.8. The van der Waals surface area contributed by atoms with Crippen molar-refractivity contribution in [2.75, 3.05) is 59.8 Å². The summed E-state index contributed by atoms with van der Waals surface area (Å²) in [6, 6.07) is 0. The smallest absolute Gasteiger partial charge is 0.410 e. The number of carbonyl (C=O) groups is 3. The summed E-state index contributed by atoms with van der Waals surface area (Å²) in [4.78, 5) is 33.2. The third kappa shape index (κ3) is 20.8. The highest BCUT2D eigenvalue weighted by Crippen LogP contribution is 2.14. The van der Waals surface area contributed by atoms with Crippen LogP contribution >= 0.6 is 0 Å². The van der Waals surface area contributed by atoms with Gasteiger partial charge >= 0.3 is 6.09 Å². The summed E-state index contributed by atoms with van der Waals surface area (Å²) in [7, 11) is 1.55. The van der Waals surface area contributed by atoms with E-state index in [4.69, 9.17) is 29.9 Å². The topological polar surface area (TPSA) is 163 Å². The molecule has 0 saturated carbocycles. The molecule has 4 N–H and O–H groups in total. The molecule has 0 heterocycles. The summed E-state index contributed by atoms with van der Waals surface area (Å²) in [5.41, 5.74) is -1.67. The van der Waals surface area contributed by atoms with E-state index in [2.05, 4.69) is 4.74 Å². The van der Waals surface area contributed by atoms with Crippen LogP contribution in [0, 0.1) is 10.8 Å². The molecule has 0 fully saturated rings. The van der Waals surface area contributed by atoms with Gasteiger partial charge in [0.2, 0.25) is 0 Å². The minimum Gasteiger partial charge on any atom is -0.467 e. The molecule has 0 saturated heterocycles. The van der Waals surface area contributed by atoms with Crippen LogP contribution in [-0.4, -0.2) is 110 Å². The Morgan fingerprint density at radius 2 is 1.32 bits per heavy atom. The molecule has 0 aromatic rings.